The summed E-state index contributed by atoms with van der Waals surface area (Å²) < 4.78 is 10.8. The summed E-state index contributed by atoms with van der Waals surface area (Å²) in [5.74, 6) is 1.06. The van der Waals surface area contributed by atoms with Crippen LogP contribution >= 0.6 is 0 Å². The van der Waals surface area contributed by atoms with Gasteiger partial charge in [-0.2, -0.15) is 0 Å². The lowest BCUT2D eigenvalue weighted by Crippen LogP contribution is -2.26. The normalized spacial score (nSPS) is 20.6. The molecule has 1 aromatic heterocycles. The molecule has 0 fully saturated rings. The van der Waals surface area contributed by atoms with Crippen molar-refractivity contribution in [3.05, 3.63) is 12.3 Å². The fourth-order valence-corrected chi connectivity index (χ4v) is 1.10. The standard InChI is InChI=1S/C8H10N2O2/c1-5-4-11-7-6(9)2-3-10-8(7)12-5/h2-3,5H,4H2,1H3,(H2,9,10). The second-order valence-electron chi connectivity index (χ2n) is 2.77. The van der Waals surface area contributed by atoms with Crippen LogP contribution < -0.4 is 15.2 Å². The van der Waals surface area contributed by atoms with E-state index in [1.165, 1.54) is 0 Å². The second-order valence-corrected chi connectivity index (χ2v) is 2.77. The van der Waals surface area contributed by atoms with E-state index in [1.807, 2.05) is 6.92 Å². The van der Waals surface area contributed by atoms with Crippen LogP contribution in [0.15, 0.2) is 12.3 Å². The van der Waals surface area contributed by atoms with Gasteiger partial charge in [0.2, 0.25) is 5.75 Å². The van der Waals surface area contributed by atoms with Crippen molar-refractivity contribution < 1.29 is 9.47 Å². The van der Waals surface area contributed by atoms with E-state index < -0.39 is 0 Å². The molecule has 1 aliphatic heterocycles. The van der Waals surface area contributed by atoms with Gasteiger partial charge in [-0.05, 0) is 13.0 Å². The summed E-state index contributed by atoms with van der Waals surface area (Å²) in [5, 5.41) is 0. The number of fused-ring (bicyclic) bond motifs is 1. The number of nitrogens with zero attached hydrogens (tertiary/aromatic N) is 1. The van der Waals surface area contributed by atoms with E-state index in [0.29, 0.717) is 23.9 Å². The first-order chi connectivity index (χ1) is 5.77. The highest BCUT2D eigenvalue weighted by Crippen LogP contribution is 2.34. The van der Waals surface area contributed by atoms with E-state index in [2.05, 4.69) is 4.98 Å². The third kappa shape index (κ3) is 1.05. The van der Waals surface area contributed by atoms with Crippen molar-refractivity contribution in [1.82, 2.24) is 4.98 Å². The zero-order chi connectivity index (χ0) is 8.55. The largest absolute Gasteiger partial charge is 0.482 e. The number of hydrogen-bond acceptors (Lipinski definition) is 4. The molecule has 4 heteroatoms. The van der Waals surface area contributed by atoms with Gasteiger partial charge in [0.25, 0.3) is 5.88 Å². The molecule has 0 aromatic carbocycles. The molecule has 4 nitrogen and oxygen atoms in total. The van der Waals surface area contributed by atoms with Crippen LogP contribution in [0.1, 0.15) is 6.92 Å². The van der Waals surface area contributed by atoms with Crippen LogP contribution in [-0.2, 0) is 0 Å². The van der Waals surface area contributed by atoms with Gasteiger partial charge in [-0.1, -0.05) is 0 Å². The molecule has 0 saturated heterocycles. The van der Waals surface area contributed by atoms with Crippen molar-refractivity contribution in [3.8, 4) is 11.6 Å². The predicted octanol–water partition coefficient (Wildman–Crippen LogP) is 0.824. The molecule has 0 saturated carbocycles. The number of aromatic nitrogens is 1. The fourth-order valence-electron chi connectivity index (χ4n) is 1.10. The van der Waals surface area contributed by atoms with Gasteiger partial charge >= 0.3 is 0 Å². The minimum atomic E-state index is 0.0480. The van der Waals surface area contributed by atoms with Crippen LogP contribution in [0.4, 0.5) is 5.69 Å². The molecular formula is C8H10N2O2. The highest BCUT2D eigenvalue weighted by atomic mass is 16.6. The predicted molar refractivity (Wildman–Crippen MR) is 44.2 cm³/mol. The van der Waals surface area contributed by atoms with Crippen molar-refractivity contribution in [2.75, 3.05) is 12.3 Å². The molecule has 0 amide bonds. The Hall–Kier alpha value is -1.45. The molecule has 1 aliphatic rings. The maximum absolute atomic E-state index is 5.64. The first-order valence-electron chi connectivity index (χ1n) is 3.81. The van der Waals surface area contributed by atoms with Crippen LogP contribution in [-0.4, -0.2) is 17.7 Å². The topological polar surface area (TPSA) is 57.4 Å². The first kappa shape index (κ1) is 7.21. The van der Waals surface area contributed by atoms with Gasteiger partial charge in [0.1, 0.15) is 12.7 Å². The Kier molecular flexibility index (Phi) is 1.53. The highest BCUT2D eigenvalue weighted by molar-refractivity contribution is 5.57. The smallest absolute Gasteiger partial charge is 0.259 e. The Bertz CT molecular complexity index is 301. The molecule has 0 radical (unpaired) electrons. The van der Waals surface area contributed by atoms with E-state index in [1.54, 1.807) is 12.3 Å². The van der Waals surface area contributed by atoms with E-state index in [0.717, 1.165) is 0 Å². The van der Waals surface area contributed by atoms with Crippen molar-refractivity contribution in [3.63, 3.8) is 0 Å². The average Bonchev–Trinajstić information content (AvgIpc) is 2.04. The molecule has 1 aromatic rings. The Balaban J connectivity index is 2.42. The summed E-state index contributed by atoms with van der Waals surface area (Å²) in [6.07, 6.45) is 1.65. The van der Waals surface area contributed by atoms with Crippen LogP contribution in [0, 0.1) is 0 Å². The lowest BCUT2D eigenvalue weighted by molar-refractivity contribution is 0.0986. The third-order valence-electron chi connectivity index (χ3n) is 1.68. The van der Waals surface area contributed by atoms with E-state index in [9.17, 15) is 0 Å². The van der Waals surface area contributed by atoms with Crippen molar-refractivity contribution in [2.45, 2.75) is 13.0 Å². The summed E-state index contributed by atoms with van der Waals surface area (Å²) in [6.45, 7) is 2.46. The Morgan fingerprint density at radius 1 is 1.67 bits per heavy atom. The van der Waals surface area contributed by atoms with Crippen molar-refractivity contribution >= 4 is 5.69 Å². The molecule has 0 aliphatic carbocycles. The quantitative estimate of drug-likeness (QED) is 0.620. The number of hydrogen-bond donors (Lipinski definition) is 1. The lowest BCUT2D eigenvalue weighted by Gasteiger charge is -2.23. The third-order valence-corrected chi connectivity index (χ3v) is 1.68. The molecule has 0 bridgehead atoms. The second kappa shape index (κ2) is 2.55. The molecule has 2 heterocycles. The molecule has 1 unspecified atom stereocenters. The number of anilines is 1. The SMILES string of the molecule is CC1COc2c(N)ccnc2O1. The van der Waals surface area contributed by atoms with Gasteiger partial charge in [0, 0.05) is 6.20 Å². The molecule has 2 N–H and O–H groups in total. The van der Waals surface area contributed by atoms with Crippen LogP contribution in [0.25, 0.3) is 0 Å². The Labute approximate surface area is 70.3 Å². The van der Waals surface area contributed by atoms with Gasteiger partial charge in [0.15, 0.2) is 0 Å². The van der Waals surface area contributed by atoms with Crippen LogP contribution in [0.5, 0.6) is 11.6 Å². The molecule has 12 heavy (non-hydrogen) atoms. The molecule has 0 spiro atoms. The average molecular weight is 166 g/mol. The van der Waals surface area contributed by atoms with E-state index in [-0.39, 0.29) is 6.10 Å². The summed E-state index contributed by atoms with van der Waals surface area (Å²) in [5.41, 5.74) is 6.22. The number of ether oxygens (including phenoxy) is 2. The van der Waals surface area contributed by atoms with Gasteiger partial charge in [-0.25, -0.2) is 4.98 Å². The van der Waals surface area contributed by atoms with Crippen molar-refractivity contribution in [1.29, 1.82) is 0 Å². The van der Waals surface area contributed by atoms with E-state index >= 15 is 0 Å². The minimum Gasteiger partial charge on any atom is -0.482 e. The maximum atomic E-state index is 5.64. The summed E-state index contributed by atoms with van der Waals surface area (Å²) in [6, 6.07) is 1.69. The van der Waals surface area contributed by atoms with Gasteiger partial charge < -0.3 is 15.2 Å². The molecule has 1 atom stereocenters. The zero-order valence-corrected chi connectivity index (χ0v) is 6.78. The number of nitrogen functional groups attached to an aromatic ring is 1. The van der Waals surface area contributed by atoms with Crippen LogP contribution in [0.2, 0.25) is 0 Å². The van der Waals surface area contributed by atoms with Crippen LogP contribution in [0.3, 0.4) is 0 Å². The lowest BCUT2D eigenvalue weighted by atomic mass is 10.3. The number of pyridine rings is 1. The summed E-state index contributed by atoms with van der Waals surface area (Å²) in [7, 11) is 0. The molecular weight excluding hydrogens is 156 g/mol. The maximum Gasteiger partial charge on any atom is 0.259 e. The fraction of sp³-hybridized carbons (Fsp3) is 0.375. The first-order valence-corrected chi connectivity index (χ1v) is 3.81. The van der Waals surface area contributed by atoms with Gasteiger partial charge in [-0.15, -0.1) is 0 Å². The minimum absolute atomic E-state index is 0.0480. The number of nitrogens with two attached hydrogens (primary N) is 1. The van der Waals surface area contributed by atoms with Gasteiger partial charge in [-0.3, -0.25) is 0 Å². The summed E-state index contributed by atoms with van der Waals surface area (Å²) in [4.78, 5) is 4.00. The highest BCUT2D eigenvalue weighted by Gasteiger charge is 2.19. The Morgan fingerprint density at radius 3 is 3.33 bits per heavy atom. The number of rotatable bonds is 0. The van der Waals surface area contributed by atoms with Gasteiger partial charge in [0.05, 0.1) is 5.69 Å². The Morgan fingerprint density at radius 2 is 2.50 bits per heavy atom. The summed E-state index contributed by atoms with van der Waals surface area (Å²) >= 11 is 0. The zero-order valence-electron chi connectivity index (χ0n) is 6.78. The molecule has 2 rings (SSSR count). The molecule has 64 valence electrons. The van der Waals surface area contributed by atoms with Crippen molar-refractivity contribution in [2.24, 2.45) is 0 Å². The van der Waals surface area contributed by atoms with E-state index in [4.69, 9.17) is 15.2 Å². The monoisotopic (exact) mass is 166 g/mol.